The van der Waals surface area contributed by atoms with E-state index in [0.29, 0.717) is 100 Å². The van der Waals surface area contributed by atoms with Crippen molar-refractivity contribution < 1.29 is 28.7 Å². The highest BCUT2D eigenvalue weighted by Crippen LogP contribution is 2.69. The summed E-state index contributed by atoms with van der Waals surface area (Å²) in [5.74, 6) is 8.82. The van der Waals surface area contributed by atoms with Gasteiger partial charge in [-0.1, -0.05) is 131 Å². The Morgan fingerprint density at radius 1 is 0.447 bits per heavy atom. The first-order chi connectivity index (χ1) is 49.1. The number of nitrogens with one attached hydrogen (secondary N) is 8. The number of nitrogens with two attached hydrogens (primary N) is 4. The molecule has 0 heterocycles. The van der Waals surface area contributed by atoms with Gasteiger partial charge in [0.15, 0.2) is 11.9 Å². The van der Waals surface area contributed by atoms with Crippen LogP contribution in [0, 0.1) is 103 Å². The van der Waals surface area contributed by atoms with Gasteiger partial charge in [-0.05, 0) is 280 Å². The summed E-state index contributed by atoms with van der Waals surface area (Å²) in [6.45, 7) is 32.4. The van der Waals surface area contributed by atoms with E-state index < -0.39 is 12.1 Å². The maximum absolute atomic E-state index is 13.7. The minimum absolute atomic E-state index is 0.109. The number of carbonyl (C=O) groups is 4. The quantitative estimate of drug-likeness (QED) is 0.0117. The molecule has 0 spiro atoms. The lowest BCUT2D eigenvalue weighted by molar-refractivity contribution is -0.123. The molecule has 20 nitrogen and oxygen atoms in total. The molecular formula is C83H150N14O6. The van der Waals surface area contributed by atoms with E-state index in [-0.39, 0.29) is 59.0 Å². The molecule has 4 amide bonds. The number of hydrogen-bond acceptors (Lipinski definition) is 12. The highest BCUT2D eigenvalue weighted by atomic mass is 16.6. The van der Waals surface area contributed by atoms with E-state index in [2.05, 4.69) is 123 Å². The lowest BCUT2D eigenvalue weighted by Crippen LogP contribution is -2.51. The van der Waals surface area contributed by atoms with Crippen LogP contribution in [-0.4, -0.2) is 149 Å². The second kappa shape index (κ2) is 40.0. The highest BCUT2D eigenvalue weighted by Gasteiger charge is 2.61. The maximum Gasteiger partial charge on any atom is 0.407 e. The van der Waals surface area contributed by atoms with Gasteiger partial charge < -0.3 is 74.1 Å². The van der Waals surface area contributed by atoms with E-state index in [0.717, 1.165) is 156 Å². The molecule has 6 fully saturated rings. The van der Waals surface area contributed by atoms with Gasteiger partial charge >= 0.3 is 12.2 Å². The zero-order valence-corrected chi connectivity index (χ0v) is 66.5. The van der Waals surface area contributed by atoms with Crippen molar-refractivity contribution in [2.45, 2.75) is 293 Å². The Morgan fingerprint density at radius 3 is 1.17 bits per heavy atom. The smallest absolute Gasteiger partial charge is 0.407 e. The van der Waals surface area contributed by atoms with Crippen LogP contribution < -0.4 is 54.8 Å². The van der Waals surface area contributed by atoms with E-state index >= 15 is 0 Å². The largest absolute Gasteiger partial charge is 0.446 e. The maximum atomic E-state index is 13.7. The molecule has 0 aromatic rings. The third-order valence-corrected chi connectivity index (χ3v) is 28.4. The second-order valence-corrected chi connectivity index (χ2v) is 36.2. The highest BCUT2D eigenvalue weighted by molar-refractivity contribution is 5.82. The molecule has 588 valence electrons. The summed E-state index contributed by atoms with van der Waals surface area (Å²) in [5, 5.41) is 32.6. The number of rotatable bonds is 42. The normalized spacial score (nSPS) is 31.1. The van der Waals surface area contributed by atoms with Crippen molar-refractivity contribution in [3.63, 3.8) is 0 Å². The Labute approximate surface area is 624 Å². The number of fused-ring (bicyclic) bond motifs is 10. The summed E-state index contributed by atoms with van der Waals surface area (Å²) in [4.78, 5) is 58.1. The van der Waals surface area contributed by atoms with Crippen LogP contribution in [0.3, 0.4) is 0 Å². The molecule has 0 aliphatic heterocycles. The summed E-state index contributed by atoms with van der Waals surface area (Å²) >= 11 is 0. The van der Waals surface area contributed by atoms with E-state index in [1.807, 2.05) is 0 Å². The molecule has 18 atom stereocenters. The van der Waals surface area contributed by atoms with Gasteiger partial charge in [0.25, 0.3) is 0 Å². The minimum Gasteiger partial charge on any atom is -0.446 e. The molecule has 0 aromatic carbocycles. The molecule has 0 saturated heterocycles. The standard InChI is InChI=1S/C83H150N14O6/c1-56(2)20-11-22-58(5)66-30-32-68-64-28-26-60-54-62(34-38-80(60,7)70(64)36-40-82(66,68)9)102-78(100)94-46-17-50-97(53-19-52-96(48-15-44-90-74(98)72(84)24-13-42-92-76(86)87)49-16-45-91-75(99)73(85)25-14-43-93-77(88)89)51-18-47-95-79(101)103-63-35-39-81(8)61(55-63)27-29-65-69-33-31-67(59(6)23-12-21-57(3)4)83(69,10)41-37-71(65)81/h26-27,56-59,62-73H,11-25,28-55,84-85H2,1-10H3,(H,90,98)(H,91,99)(H,94,100)(H,95,101)(H4,86,87,92)(H4,88,89,93). The van der Waals surface area contributed by atoms with E-state index in [9.17, 15) is 19.2 Å². The first kappa shape index (κ1) is 84.0. The summed E-state index contributed by atoms with van der Waals surface area (Å²) in [6.07, 6.45) is 37.3. The number of amides is 4. The Morgan fingerprint density at radius 2 is 0.806 bits per heavy atom. The van der Waals surface area contributed by atoms with Gasteiger partial charge in [0.05, 0.1) is 12.1 Å². The fourth-order valence-electron chi connectivity index (χ4n) is 22.7. The average molecular weight is 1440 g/mol. The number of ether oxygens (including phenoxy) is 2. The lowest BCUT2D eigenvalue weighted by atomic mass is 9.47. The van der Waals surface area contributed by atoms with Crippen LogP contribution in [0.15, 0.2) is 23.3 Å². The van der Waals surface area contributed by atoms with E-state index in [1.54, 1.807) is 0 Å². The van der Waals surface area contributed by atoms with Crippen molar-refractivity contribution in [3.05, 3.63) is 23.3 Å². The van der Waals surface area contributed by atoms with Crippen molar-refractivity contribution in [1.82, 2.24) is 41.7 Å². The molecule has 103 heavy (non-hydrogen) atoms. The fraction of sp³-hybridized carbons (Fsp3) is 0.880. The van der Waals surface area contributed by atoms with Gasteiger partial charge in [-0.3, -0.25) is 20.4 Å². The van der Waals surface area contributed by atoms with Crippen LogP contribution in [0.1, 0.15) is 268 Å². The van der Waals surface area contributed by atoms with Crippen molar-refractivity contribution >= 4 is 35.9 Å². The molecular weight excluding hydrogens is 1290 g/mol. The fourth-order valence-corrected chi connectivity index (χ4v) is 22.7. The van der Waals surface area contributed by atoms with Crippen LogP contribution in [0.4, 0.5) is 9.59 Å². The van der Waals surface area contributed by atoms with Crippen molar-refractivity contribution in [1.29, 1.82) is 10.8 Å². The zero-order valence-electron chi connectivity index (χ0n) is 66.5. The molecule has 0 bridgehead atoms. The third-order valence-electron chi connectivity index (χ3n) is 28.4. The average Bonchev–Trinajstić information content (AvgIpc) is 1.69. The Balaban J connectivity index is 0.829. The van der Waals surface area contributed by atoms with Gasteiger partial charge in [0.2, 0.25) is 11.8 Å². The molecule has 8 aliphatic carbocycles. The van der Waals surface area contributed by atoms with Crippen LogP contribution in [0.5, 0.6) is 0 Å². The Kier molecular flexibility index (Phi) is 32.6. The SMILES string of the molecule is CC(C)CCCC(C)C1CCC2C3CC=C4CC(OC(=O)NCCCN(CCCNC(=O)OC5CCC6(C)C(=CCC7C6CCC6(C)C(C(C)CCCC(C)C)CCC76)C5)CCCN(CCCNC(=O)C(N)CCCNC(=N)N)CCCNC(=O)C(N)CCCNC(=N)N)CCC4(C)C3CCC12C. The summed E-state index contributed by atoms with van der Waals surface area (Å²) in [6, 6.07) is -1.32. The topological polar surface area (TPSA) is 317 Å². The van der Waals surface area contributed by atoms with Crippen molar-refractivity contribution in [2.24, 2.45) is 116 Å². The Hall–Kier alpha value is -4.66. The third kappa shape index (κ3) is 23.2. The van der Waals surface area contributed by atoms with Crippen molar-refractivity contribution in [2.75, 3.05) is 78.5 Å². The molecule has 20 heteroatoms. The lowest BCUT2D eigenvalue weighted by Gasteiger charge is -2.58. The monoisotopic (exact) mass is 1440 g/mol. The first-order valence-electron chi connectivity index (χ1n) is 42.1. The van der Waals surface area contributed by atoms with Crippen LogP contribution in [0.25, 0.3) is 0 Å². The van der Waals surface area contributed by atoms with Gasteiger partial charge in [-0.25, -0.2) is 9.59 Å². The zero-order chi connectivity index (χ0) is 74.5. The second-order valence-electron chi connectivity index (χ2n) is 36.2. The molecule has 16 N–H and O–H groups in total. The molecule has 18 unspecified atom stereocenters. The molecule has 8 rings (SSSR count). The van der Waals surface area contributed by atoms with E-state index in [4.69, 9.17) is 43.2 Å². The van der Waals surface area contributed by atoms with Crippen LogP contribution in [-0.2, 0) is 19.1 Å². The predicted octanol–water partition coefficient (Wildman–Crippen LogP) is 13.2. The summed E-state index contributed by atoms with van der Waals surface area (Å²) < 4.78 is 12.6. The van der Waals surface area contributed by atoms with Gasteiger partial charge in [0.1, 0.15) is 12.2 Å². The molecule has 0 radical (unpaired) electrons. The van der Waals surface area contributed by atoms with Crippen molar-refractivity contribution in [3.8, 4) is 0 Å². The van der Waals surface area contributed by atoms with Gasteiger partial charge in [-0.2, -0.15) is 0 Å². The van der Waals surface area contributed by atoms with Crippen LogP contribution in [0.2, 0.25) is 0 Å². The molecule has 0 aromatic heterocycles. The van der Waals surface area contributed by atoms with Gasteiger partial charge in [0, 0.05) is 52.1 Å². The number of guanidine groups is 2. The molecule has 8 aliphatic rings. The minimum atomic E-state index is -0.662. The Bertz CT molecular complexity index is 2590. The number of allylic oxidation sites excluding steroid dienone is 2. The summed E-state index contributed by atoms with van der Waals surface area (Å²) in [7, 11) is 0. The van der Waals surface area contributed by atoms with Gasteiger partial charge in [-0.15, -0.1) is 0 Å². The molecule has 6 saturated carbocycles. The number of alkyl carbamates (subject to hydrolysis) is 2. The first-order valence-corrected chi connectivity index (χ1v) is 42.1. The van der Waals surface area contributed by atoms with E-state index in [1.165, 1.54) is 114 Å². The number of carbonyl (C=O) groups excluding carboxylic acids is 4. The predicted molar refractivity (Wildman–Crippen MR) is 419 cm³/mol. The number of nitrogens with zero attached hydrogens (tertiary/aromatic N) is 2. The summed E-state index contributed by atoms with van der Waals surface area (Å²) in [5.41, 5.74) is 27.6. The van der Waals surface area contributed by atoms with Crippen LogP contribution >= 0.6 is 0 Å². The number of hydrogen-bond donors (Lipinski definition) is 12.